The van der Waals surface area contributed by atoms with Gasteiger partial charge < -0.3 is 0 Å². The van der Waals surface area contributed by atoms with E-state index in [4.69, 9.17) is 0 Å². The van der Waals surface area contributed by atoms with Gasteiger partial charge in [0.25, 0.3) is 0 Å². The molecule has 0 amide bonds. The van der Waals surface area contributed by atoms with Crippen LogP contribution in [0.3, 0.4) is 0 Å². The van der Waals surface area contributed by atoms with Gasteiger partial charge >= 0.3 is 0 Å². The van der Waals surface area contributed by atoms with Crippen LogP contribution in [0.2, 0.25) is 0 Å². The smallest absolute Gasteiger partial charge is 0.161 e. The van der Waals surface area contributed by atoms with Gasteiger partial charge in [0.2, 0.25) is 0 Å². The number of aromatic nitrogens is 3. The van der Waals surface area contributed by atoms with E-state index in [2.05, 4.69) is 51.6 Å². The highest BCUT2D eigenvalue weighted by molar-refractivity contribution is 7.99. The Morgan fingerprint density at radius 3 is 3.24 bits per heavy atom. The fraction of sp³-hybridized carbons (Fsp3) is 0.538. The molecular formula is C13H17N3S. The second-order valence-corrected chi connectivity index (χ2v) is 5.99. The van der Waals surface area contributed by atoms with Crippen LogP contribution in [0.25, 0.3) is 5.65 Å². The van der Waals surface area contributed by atoms with Crippen molar-refractivity contribution in [2.24, 2.45) is 5.92 Å². The molecular weight excluding hydrogens is 230 g/mol. The highest BCUT2D eigenvalue weighted by Gasteiger charge is 2.17. The minimum Gasteiger partial charge on any atom is -0.286 e. The number of hydrogen-bond donors (Lipinski definition) is 0. The summed E-state index contributed by atoms with van der Waals surface area (Å²) in [6.07, 6.45) is 5.85. The van der Waals surface area contributed by atoms with E-state index < -0.39 is 0 Å². The highest BCUT2D eigenvalue weighted by atomic mass is 32.2. The number of hydrogen-bond acceptors (Lipinski definition) is 3. The minimum atomic E-state index is 0.780. The SMILES string of the molecule is Cc1ccn2c(CC3CCCSC3)nnc2c1. The van der Waals surface area contributed by atoms with E-state index in [1.807, 2.05) is 0 Å². The molecule has 3 rings (SSSR count). The van der Waals surface area contributed by atoms with Crippen LogP contribution in [0.1, 0.15) is 24.2 Å². The molecule has 3 nitrogen and oxygen atoms in total. The second kappa shape index (κ2) is 4.69. The molecule has 0 saturated carbocycles. The first-order valence-electron chi connectivity index (χ1n) is 6.21. The Bertz CT molecular complexity index is 514. The third-order valence-corrected chi connectivity index (χ3v) is 4.65. The van der Waals surface area contributed by atoms with E-state index in [1.54, 1.807) is 0 Å². The van der Waals surface area contributed by atoms with Gasteiger partial charge in [-0.25, -0.2) is 0 Å². The highest BCUT2D eigenvalue weighted by Crippen LogP contribution is 2.25. The maximum Gasteiger partial charge on any atom is 0.161 e. The molecule has 0 radical (unpaired) electrons. The number of nitrogens with zero attached hydrogens (tertiary/aromatic N) is 3. The molecule has 1 saturated heterocycles. The molecule has 1 atom stereocenters. The standard InChI is InChI=1S/C13H17N3S/c1-10-4-5-16-12(7-10)14-15-13(16)8-11-3-2-6-17-9-11/h4-5,7,11H,2-3,6,8-9H2,1H3. The van der Waals surface area contributed by atoms with Crippen LogP contribution in [-0.4, -0.2) is 26.1 Å². The van der Waals surface area contributed by atoms with Crippen molar-refractivity contribution in [3.63, 3.8) is 0 Å². The quantitative estimate of drug-likeness (QED) is 0.817. The first kappa shape index (κ1) is 11.1. The molecule has 0 bridgehead atoms. The molecule has 1 aliphatic heterocycles. The van der Waals surface area contributed by atoms with Crippen molar-refractivity contribution in [2.75, 3.05) is 11.5 Å². The Hall–Kier alpha value is -1.03. The maximum atomic E-state index is 4.33. The van der Waals surface area contributed by atoms with Gasteiger partial charge in [0, 0.05) is 12.6 Å². The molecule has 1 unspecified atom stereocenters. The van der Waals surface area contributed by atoms with Crippen LogP contribution >= 0.6 is 11.8 Å². The molecule has 1 aliphatic rings. The summed E-state index contributed by atoms with van der Waals surface area (Å²) in [5, 5.41) is 8.59. The first-order chi connectivity index (χ1) is 8.33. The summed E-state index contributed by atoms with van der Waals surface area (Å²) in [6, 6.07) is 4.21. The largest absolute Gasteiger partial charge is 0.286 e. The summed E-state index contributed by atoms with van der Waals surface area (Å²) < 4.78 is 2.13. The Labute approximate surface area is 106 Å². The van der Waals surface area contributed by atoms with Gasteiger partial charge in [0.05, 0.1) is 0 Å². The van der Waals surface area contributed by atoms with Crippen LogP contribution in [0.15, 0.2) is 18.3 Å². The van der Waals surface area contributed by atoms with E-state index in [0.717, 1.165) is 23.8 Å². The Morgan fingerprint density at radius 2 is 2.41 bits per heavy atom. The lowest BCUT2D eigenvalue weighted by atomic mass is 10.0. The van der Waals surface area contributed by atoms with Gasteiger partial charge in [0.1, 0.15) is 5.82 Å². The van der Waals surface area contributed by atoms with Gasteiger partial charge in [-0.15, -0.1) is 10.2 Å². The van der Waals surface area contributed by atoms with Gasteiger partial charge in [0.15, 0.2) is 5.65 Å². The van der Waals surface area contributed by atoms with Gasteiger partial charge in [-0.2, -0.15) is 11.8 Å². The second-order valence-electron chi connectivity index (χ2n) is 4.84. The van der Waals surface area contributed by atoms with E-state index >= 15 is 0 Å². The first-order valence-corrected chi connectivity index (χ1v) is 7.36. The molecule has 2 aromatic heterocycles. The summed E-state index contributed by atoms with van der Waals surface area (Å²) in [5.41, 5.74) is 2.22. The number of rotatable bonds is 2. The summed E-state index contributed by atoms with van der Waals surface area (Å²) in [6.45, 7) is 2.09. The Morgan fingerprint density at radius 1 is 1.47 bits per heavy atom. The zero-order valence-electron chi connectivity index (χ0n) is 10.1. The monoisotopic (exact) mass is 247 g/mol. The molecule has 3 heterocycles. The lowest BCUT2D eigenvalue weighted by Gasteiger charge is -2.20. The van der Waals surface area contributed by atoms with E-state index in [0.29, 0.717) is 0 Å². The van der Waals surface area contributed by atoms with Crippen molar-refractivity contribution < 1.29 is 0 Å². The lowest BCUT2D eigenvalue weighted by molar-refractivity contribution is 0.506. The third-order valence-electron chi connectivity index (χ3n) is 3.36. The molecule has 4 heteroatoms. The van der Waals surface area contributed by atoms with Crippen molar-refractivity contribution in [1.82, 2.24) is 14.6 Å². The predicted octanol–water partition coefficient (Wildman–Crippen LogP) is 2.72. The summed E-state index contributed by atoms with van der Waals surface area (Å²) in [4.78, 5) is 0. The summed E-state index contributed by atoms with van der Waals surface area (Å²) in [7, 11) is 0. The fourth-order valence-corrected chi connectivity index (χ4v) is 3.56. The van der Waals surface area contributed by atoms with Crippen molar-refractivity contribution >= 4 is 17.4 Å². The Kier molecular flexibility index (Phi) is 3.05. The third kappa shape index (κ3) is 2.32. The lowest BCUT2D eigenvalue weighted by Crippen LogP contribution is -2.14. The normalized spacial score (nSPS) is 20.9. The summed E-state index contributed by atoms with van der Waals surface area (Å²) in [5.74, 6) is 4.51. The maximum absolute atomic E-state index is 4.33. The van der Waals surface area contributed by atoms with Crippen LogP contribution in [0.5, 0.6) is 0 Å². The number of aryl methyl sites for hydroxylation is 1. The Balaban J connectivity index is 1.84. The van der Waals surface area contributed by atoms with Crippen molar-refractivity contribution in [1.29, 1.82) is 0 Å². The predicted molar refractivity (Wildman–Crippen MR) is 71.5 cm³/mol. The summed E-state index contributed by atoms with van der Waals surface area (Å²) >= 11 is 2.08. The topological polar surface area (TPSA) is 30.2 Å². The molecule has 17 heavy (non-hydrogen) atoms. The molecule has 0 spiro atoms. The average Bonchev–Trinajstić information content (AvgIpc) is 2.73. The van der Waals surface area contributed by atoms with Crippen molar-refractivity contribution in [3.8, 4) is 0 Å². The fourth-order valence-electron chi connectivity index (χ4n) is 2.41. The van der Waals surface area contributed by atoms with Crippen LogP contribution in [0, 0.1) is 12.8 Å². The molecule has 2 aromatic rings. The van der Waals surface area contributed by atoms with E-state index in [-0.39, 0.29) is 0 Å². The van der Waals surface area contributed by atoms with Crippen LogP contribution < -0.4 is 0 Å². The number of fused-ring (bicyclic) bond motifs is 1. The molecule has 90 valence electrons. The number of thioether (sulfide) groups is 1. The van der Waals surface area contributed by atoms with Crippen molar-refractivity contribution in [3.05, 3.63) is 29.7 Å². The number of pyridine rings is 1. The molecule has 1 fully saturated rings. The zero-order chi connectivity index (χ0) is 11.7. The molecule has 0 aromatic carbocycles. The average molecular weight is 247 g/mol. The van der Waals surface area contributed by atoms with Crippen molar-refractivity contribution in [2.45, 2.75) is 26.2 Å². The van der Waals surface area contributed by atoms with E-state index in [1.165, 1.54) is 29.9 Å². The van der Waals surface area contributed by atoms with Gasteiger partial charge in [-0.3, -0.25) is 4.40 Å². The van der Waals surface area contributed by atoms with Crippen LogP contribution in [-0.2, 0) is 6.42 Å². The van der Waals surface area contributed by atoms with Gasteiger partial charge in [-0.1, -0.05) is 0 Å². The minimum absolute atomic E-state index is 0.780. The molecule has 0 N–H and O–H groups in total. The molecule has 0 aliphatic carbocycles. The van der Waals surface area contributed by atoms with E-state index in [9.17, 15) is 0 Å². The van der Waals surface area contributed by atoms with Gasteiger partial charge in [-0.05, 0) is 54.9 Å². The van der Waals surface area contributed by atoms with Crippen LogP contribution in [0.4, 0.5) is 0 Å². The zero-order valence-corrected chi connectivity index (χ0v) is 10.9.